The molecular formula is C26H28N6O5S. The lowest BCUT2D eigenvalue weighted by Crippen LogP contribution is -2.39. The van der Waals surface area contributed by atoms with Crippen LogP contribution in [-0.2, 0) is 16.0 Å². The summed E-state index contributed by atoms with van der Waals surface area (Å²) < 4.78 is 14.8. The Balaban J connectivity index is 1.85. The van der Waals surface area contributed by atoms with E-state index in [1.54, 1.807) is 7.11 Å². The highest BCUT2D eigenvalue weighted by molar-refractivity contribution is 7.80. The van der Waals surface area contributed by atoms with Crippen molar-refractivity contribution in [1.82, 2.24) is 15.3 Å². The summed E-state index contributed by atoms with van der Waals surface area (Å²) in [5.41, 5.74) is 3.16. The van der Waals surface area contributed by atoms with Crippen molar-refractivity contribution in [3.05, 3.63) is 76.6 Å². The maximum Gasteiger partial charge on any atom is 0.337 e. The number of aliphatic imine (C=N–C) groups is 1. The van der Waals surface area contributed by atoms with E-state index in [1.165, 1.54) is 32.4 Å². The minimum Gasteiger partial charge on any atom is -0.497 e. The first-order valence-corrected chi connectivity index (χ1v) is 11.8. The summed E-state index contributed by atoms with van der Waals surface area (Å²) in [5, 5.41) is 9.15. The van der Waals surface area contributed by atoms with Gasteiger partial charge in [0, 0.05) is 17.1 Å². The molecule has 0 fully saturated rings. The van der Waals surface area contributed by atoms with E-state index in [0.29, 0.717) is 18.2 Å². The molecule has 0 aliphatic rings. The number of esters is 2. The lowest BCUT2D eigenvalue weighted by molar-refractivity contribution is 0.0599. The third-order valence-electron chi connectivity index (χ3n) is 5.06. The molecule has 0 spiro atoms. The smallest absolute Gasteiger partial charge is 0.337 e. The number of thiocarbonyl (C=S) groups is 1. The Morgan fingerprint density at radius 1 is 0.868 bits per heavy atom. The van der Waals surface area contributed by atoms with Crippen molar-refractivity contribution in [1.29, 1.82) is 0 Å². The van der Waals surface area contributed by atoms with Crippen molar-refractivity contribution in [2.75, 3.05) is 32.0 Å². The average Bonchev–Trinajstić information content (AvgIpc) is 2.90. The number of rotatable bonds is 7. The summed E-state index contributed by atoms with van der Waals surface area (Å²) in [7, 11) is 4.10. The van der Waals surface area contributed by atoms with Crippen LogP contribution < -0.4 is 20.7 Å². The quantitative estimate of drug-likeness (QED) is 0.177. The number of carbonyl (C=O) groups is 2. The Morgan fingerprint density at radius 2 is 1.45 bits per heavy atom. The Bertz CT molecular complexity index is 1310. The fourth-order valence-corrected chi connectivity index (χ4v) is 3.55. The first-order chi connectivity index (χ1) is 18.2. The topological polar surface area (TPSA) is 136 Å². The highest BCUT2D eigenvalue weighted by atomic mass is 32.1. The summed E-state index contributed by atoms with van der Waals surface area (Å²) in [6.45, 7) is 4.04. The number of ether oxygens (including phenoxy) is 3. The molecule has 0 atom stereocenters. The van der Waals surface area contributed by atoms with Crippen molar-refractivity contribution in [3.8, 4) is 5.75 Å². The second-order valence-corrected chi connectivity index (χ2v) is 8.38. The zero-order valence-corrected chi connectivity index (χ0v) is 22.4. The SMILES string of the molecule is COC(=O)c1cc(NC(=S)NC(=NCc2ccc(OC)cc2)Nc2nc(C)cc(C)n2)cc(C(=O)OC)c1. The van der Waals surface area contributed by atoms with Gasteiger partial charge in [-0.2, -0.15) is 0 Å². The minimum atomic E-state index is -0.618. The number of aromatic nitrogens is 2. The van der Waals surface area contributed by atoms with Crippen LogP contribution in [0.3, 0.4) is 0 Å². The number of anilines is 2. The minimum absolute atomic E-state index is 0.133. The number of nitrogens with one attached hydrogen (secondary N) is 3. The molecule has 1 heterocycles. The Labute approximate surface area is 225 Å². The van der Waals surface area contributed by atoms with Gasteiger partial charge in [0.25, 0.3) is 0 Å². The second-order valence-electron chi connectivity index (χ2n) is 7.97. The molecule has 0 saturated carbocycles. The van der Waals surface area contributed by atoms with Gasteiger partial charge in [0.2, 0.25) is 11.9 Å². The first kappa shape index (κ1) is 28.0. The molecule has 3 N–H and O–H groups in total. The standard InChI is InChI=1S/C26H28N6O5S/c1-15-10-16(2)29-25(28-15)31-24(27-14-17-6-8-21(35-3)9-7-17)32-26(38)30-20-12-18(22(33)36-4)11-19(13-20)23(34)37-5/h6-13H,14H2,1-5H3,(H3,27,28,29,30,31,32,38). The van der Waals surface area contributed by atoms with Crippen LogP contribution in [0, 0.1) is 13.8 Å². The molecule has 0 aliphatic carbocycles. The molecule has 0 bridgehead atoms. The van der Waals surface area contributed by atoms with Crippen LogP contribution in [-0.4, -0.2) is 54.3 Å². The maximum absolute atomic E-state index is 12.1. The predicted octanol–water partition coefficient (Wildman–Crippen LogP) is 3.63. The van der Waals surface area contributed by atoms with Crippen molar-refractivity contribution >= 4 is 46.9 Å². The molecule has 1 aromatic heterocycles. The van der Waals surface area contributed by atoms with Crippen molar-refractivity contribution < 1.29 is 23.8 Å². The molecule has 3 aromatic rings. The number of benzene rings is 2. The normalized spacial score (nSPS) is 10.8. The van der Waals surface area contributed by atoms with Crippen LogP contribution in [0.15, 0.2) is 53.5 Å². The van der Waals surface area contributed by atoms with Gasteiger partial charge in [-0.1, -0.05) is 12.1 Å². The van der Waals surface area contributed by atoms with E-state index in [2.05, 4.69) is 30.9 Å². The largest absolute Gasteiger partial charge is 0.497 e. The van der Waals surface area contributed by atoms with Gasteiger partial charge in [-0.05, 0) is 68.0 Å². The number of carbonyl (C=O) groups excluding carboxylic acids is 2. The first-order valence-electron chi connectivity index (χ1n) is 11.4. The monoisotopic (exact) mass is 536 g/mol. The van der Waals surface area contributed by atoms with Gasteiger partial charge in [-0.15, -0.1) is 0 Å². The van der Waals surface area contributed by atoms with Crippen LogP contribution >= 0.6 is 12.2 Å². The van der Waals surface area contributed by atoms with E-state index in [4.69, 9.17) is 26.4 Å². The Kier molecular flexibility index (Phi) is 9.66. The summed E-state index contributed by atoms with van der Waals surface area (Å²) in [6, 6.07) is 13.7. The molecular weight excluding hydrogens is 508 g/mol. The number of aryl methyl sites for hydroxylation is 2. The van der Waals surface area contributed by atoms with Gasteiger partial charge >= 0.3 is 11.9 Å². The lowest BCUT2D eigenvalue weighted by Gasteiger charge is -2.15. The maximum atomic E-state index is 12.1. The predicted molar refractivity (Wildman–Crippen MR) is 148 cm³/mol. The van der Waals surface area contributed by atoms with Gasteiger partial charge in [-0.3, -0.25) is 5.32 Å². The van der Waals surface area contributed by atoms with Crippen molar-refractivity contribution in [2.45, 2.75) is 20.4 Å². The van der Waals surface area contributed by atoms with Gasteiger partial charge < -0.3 is 24.8 Å². The molecule has 12 heteroatoms. The highest BCUT2D eigenvalue weighted by Gasteiger charge is 2.15. The van der Waals surface area contributed by atoms with E-state index in [-0.39, 0.29) is 22.2 Å². The van der Waals surface area contributed by atoms with Crippen molar-refractivity contribution in [2.24, 2.45) is 4.99 Å². The van der Waals surface area contributed by atoms with Gasteiger partial charge in [0.05, 0.1) is 39.0 Å². The lowest BCUT2D eigenvalue weighted by atomic mass is 10.1. The van der Waals surface area contributed by atoms with E-state index in [1.807, 2.05) is 44.2 Å². The molecule has 0 aliphatic heterocycles. The third kappa shape index (κ3) is 7.96. The van der Waals surface area contributed by atoms with E-state index in [9.17, 15) is 9.59 Å². The second kappa shape index (κ2) is 13.1. The molecule has 198 valence electrons. The molecule has 0 radical (unpaired) electrons. The molecule has 11 nitrogen and oxygen atoms in total. The van der Waals surface area contributed by atoms with Gasteiger partial charge in [0.15, 0.2) is 5.11 Å². The van der Waals surface area contributed by atoms with Crippen LogP contribution in [0.5, 0.6) is 5.75 Å². The summed E-state index contributed by atoms with van der Waals surface area (Å²) in [5.74, 6) is 0.123. The zero-order valence-electron chi connectivity index (χ0n) is 21.6. The number of nitrogens with zero attached hydrogens (tertiary/aromatic N) is 3. The van der Waals surface area contributed by atoms with Gasteiger partial charge in [0.1, 0.15) is 5.75 Å². The summed E-state index contributed by atoms with van der Waals surface area (Å²) in [6.07, 6.45) is 0. The number of guanidine groups is 1. The molecule has 0 amide bonds. The number of methoxy groups -OCH3 is 3. The molecule has 0 unspecified atom stereocenters. The van der Waals surface area contributed by atoms with Crippen LogP contribution in [0.1, 0.15) is 37.7 Å². The third-order valence-corrected chi connectivity index (χ3v) is 5.26. The fraction of sp³-hybridized carbons (Fsp3) is 0.231. The van der Waals surface area contributed by atoms with E-state index >= 15 is 0 Å². The van der Waals surface area contributed by atoms with Gasteiger partial charge in [-0.25, -0.2) is 24.5 Å². The molecule has 38 heavy (non-hydrogen) atoms. The van der Waals surface area contributed by atoms with Crippen LogP contribution in [0.4, 0.5) is 11.6 Å². The number of hydrogen-bond donors (Lipinski definition) is 3. The number of hydrogen-bond acceptors (Lipinski definition) is 9. The molecule has 0 saturated heterocycles. The highest BCUT2D eigenvalue weighted by Crippen LogP contribution is 2.17. The summed E-state index contributed by atoms with van der Waals surface area (Å²) >= 11 is 5.49. The Morgan fingerprint density at radius 3 is 1.97 bits per heavy atom. The zero-order chi connectivity index (χ0) is 27.7. The van der Waals surface area contributed by atoms with E-state index in [0.717, 1.165) is 22.7 Å². The molecule has 2 aromatic carbocycles. The van der Waals surface area contributed by atoms with E-state index < -0.39 is 11.9 Å². The van der Waals surface area contributed by atoms with Crippen molar-refractivity contribution in [3.63, 3.8) is 0 Å². The average molecular weight is 537 g/mol. The molecule has 3 rings (SSSR count). The Hall–Kier alpha value is -4.58. The van der Waals surface area contributed by atoms with Crippen LogP contribution in [0.25, 0.3) is 0 Å². The van der Waals surface area contributed by atoms with Crippen LogP contribution in [0.2, 0.25) is 0 Å². The fourth-order valence-electron chi connectivity index (χ4n) is 3.34. The summed E-state index contributed by atoms with van der Waals surface area (Å²) in [4.78, 5) is 37.6.